The lowest BCUT2D eigenvalue weighted by Crippen LogP contribution is -2.19. The first kappa shape index (κ1) is 48.0. The Balaban J connectivity index is 0.000000154. The molecule has 0 atom stereocenters. The lowest BCUT2D eigenvalue weighted by molar-refractivity contribution is -0.137. The quantitative estimate of drug-likeness (QED) is 0.104. The number of nitrogens with zero attached hydrogens (tertiary/aromatic N) is 10. The molecular weight excluding hydrogens is 881 g/mol. The summed E-state index contributed by atoms with van der Waals surface area (Å²) >= 11 is 0. The number of aliphatic carboxylic acids is 1. The molecule has 0 aliphatic carbocycles. The summed E-state index contributed by atoms with van der Waals surface area (Å²) in [5.74, 6) is 0.0189. The number of hydrogen-bond donors (Lipinski definition) is 4. The first-order valence-corrected chi connectivity index (χ1v) is 22.8. The Labute approximate surface area is 391 Å². The molecule has 1 aromatic carbocycles. The number of carboxylic acids is 1. The lowest BCUT2D eigenvalue weighted by Gasteiger charge is -2.13. The van der Waals surface area contributed by atoms with Crippen LogP contribution in [-0.4, -0.2) is 73.1 Å². The summed E-state index contributed by atoms with van der Waals surface area (Å²) in [6, 6.07) is 22.6. The third-order valence-electron chi connectivity index (χ3n) is 11.4. The highest BCUT2D eigenvalue weighted by molar-refractivity contribution is 7.86. The summed E-state index contributed by atoms with van der Waals surface area (Å²) < 4.78 is 35.7. The molecule has 10 rings (SSSR count). The van der Waals surface area contributed by atoms with Crippen LogP contribution in [0.3, 0.4) is 0 Å². The van der Waals surface area contributed by atoms with Crippen molar-refractivity contribution in [2.75, 3.05) is 0 Å². The lowest BCUT2D eigenvalue weighted by atomic mass is 10.1. The molecule has 0 radical (unpaired) electrons. The van der Waals surface area contributed by atoms with Crippen LogP contribution in [0.4, 0.5) is 0 Å². The van der Waals surface area contributed by atoms with Crippen LogP contribution in [0.5, 0.6) is 0 Å². The maximum atomic E-state index is 11.5. The van der Waals surface area contributed by atoms with E-state index in [1.807, 2.05) is 81.0 Å². The molecule has 0 aliphatic rings. The minimum atomic E-state index is -4.27. The van der Waals surface area contributed by atoms with Crippen molar-refractivity contribution in [1.29, 1.82) is 5.41 Å². The number of rotatable bonds is 8. The minimum absolute atomic E-state index is 0. The first-order valence-electron chi connectivity index (χ1n) is 21.4. The largest absolute Gasteiger partial charge is 0.481 e. The summed E-state index contributed by atoms with van der Waals surface area (Å²) in [6.45, 7) is 11.2. The molecule has 9 aromatic heterocycles. The van der Waals surface area contributed by atoms with E-state index < -0.39 is 16.1 Å². The highest BCUT2D eigenvalue weighted by Gasteiger charge is 2.18. The molecule has 9 heterocycles. The van der Waals surface area contributed by atoms with Crippen LogP contribution in [0.1, 0.15) is 57.3 Å². The van der Waals surface area contributed by atoms with Crippen LogP contribution in [0.15, 0.2) is 115 Å². The van der Waals surface area contributed by atoms with Crippen molar-refractivity contribution in [3.8, 4) is 5.69 Å². The molecule has 18 heteroatoms. The van der Waals surface area contributed by atoms with Crippen LogP contribution < -0.4 is 11.6 Å². The number of aryl methyl sites for hydroxylation is 9. The zero-order valence-corrected chi connectivity index (χ0v) is 39.2. The van der Waals surface area contributed by atoms with Gasteiger partial charge in [0.05, 0.1) is 33.4 Å². The number of fused-ring (bicyclic) bond motifs is 6. The maximum absolute atomic E-state index is 11.5. The van der Waals surface area contributed by atoms with Gasteiger partial charge in [0.2, 0.25) is 0 Å². The predicted molar refractivity (Wildman–Crippen MR) is 261 cm³/mol. The van der Waals surface area contributed by atoms with Gasteiger partial charge in [0.25, 0.3) is 10.1 Å². The average molecular weight is 931 g/mol. The fourth-order valence-corrected chi connectivity index (χ4v) is 8.95. The zero-order chi connectivity index (χ0) is 47.6. The van der Waals surface area contributed by atoms with Crippen molar-refractivity contribution in [3.05, 3.63) is 166 Å². The van der Waals surface area contributed by atoms with Crippen LogP contribution in [0, 0.1) is 47.0 Å². The molecule has 0 spiro atoms. The van der Waals surface area contributed by atoms with Gasteiger partial charge in [-0.1, -0.05) is 0 Å². The number of hydrogen-bond acceptors (Lipinski definition) is 13. The highest BCUT2D eigenvalue weighted by atomic mass is 32.2. The molecule has 0 aliphatic heterocycles. The molecule has 6 N–H and O–H groups in total. The number of carboxylic acid groups (broad SMARTS) is 1. The molecule has 10 aromatic rings. The average Bonchev–Trinajstić information content (AvgIpc) is 3.74. The van der Waals surface area contributed by atoms with Crippen molar-refractivity contribution >= 4 is 65.3 Å². The molecule has 17 nitrogen and oxygen atoms in total. The molecule has 68 heavy (non-hydrogen) atoms. The van der Waals surface area contributed by atoms with Gasteiger partial charge in [0.1, 0.15) is 5.49 Å². The van der Waals surface area contributed by atoms with E-state index in [4.69, 9.17) is 20.5 Å². The van der Waals surface area contributed by atoms with Gasteiger partial charge in [-0.15, -0.1) is 0 Å². The van der Waals surface area contributed by atoms with E-state index in [0.29, 0.717) is 28.6 Å². The Morgan fingerprint density at radius 2 is 1.19 bits per heavy atom. The van der Waals surface area contributed by atoms with Gasteiger partial charge in [-0.2, -0.15) is 13.5 Å². The summed E-state index contributed by atoms with van der Waals surface area (Å²) in [5.41, 5.74) is 12.1. The number of benzene rings is 1. The Kier molecular flexibility index (Phi) is 14.0. The molecule has 346 valence electrons. The van der Waals surface area contributed by atoms with Gasteiger partial charge in [0.15, 0.2) is 11.5 Å². The van der Waals surface area contributed by atoms with Gasteiger partial charge in [-0.3, -0.25) is 44.7 Å². The van der Waals surface area contributed by atoms with E-state index in [1.165, 1.54) is 0 Å². The number of nitrogens with one attached hydrogen (secondary N) is 1. The fraction of sp³-hybridized carbons (Fsp3) is 0.200. The van der Waals surface area contributed by atoms with Crippen molar-refractivity contribution in [2.24, 2.45) is 0 Å². The Bertz CT molecular complexity index is 3700. The summed E-state index contributed by atoms with van der Waals surface area (Å²) in [5, 5.41) is 25.5. The third kappa shape index (κ3) is 10.2. The van der Waals surface area contributed by atoms with Crippen LogP contribution >= 0.6 is 0 Å². The fourth-order valence-electron chi connectivity index (χ4n) is 8.02. The number of carbonyl (C=O) groups is 1. The van der Waals surface area contributed by atoms with Crippen molar-refractivity contribution < 1.29 is 22.9 Å². The third-order valence-corrected chi connectivity index (χ3v) is 12.5. The SMILES string of the molecule is Cc1cc(-n2ccc3ncccc3c2=N)cc(C)c1S(=O)(=O)O.Cc1ncc(C)c2nc(CCC(=O)O)ccc12.Cc1ncc(C)c2nc(CCc3nc4c5cccnc5ccn4n3)ccc12.N. The molecule has 0 fully saturated rings. The van der Waals surface area contributed by atoms with Gasteiger partial charge in [0, 0.05) is 100 Å². The van der Waals surface area contributed by atoms with Crippen LogP contribution in [0.2, 0.25) is 0 Å². The molecule has 0 saturated carbocycles. The Morgan fingerprint density at radius 1 is 0.647 bits per heavy atom. The first-order chi connectivity index (χ1) is 32.0. The molecular formula is C50H50N12O5S. The smallest absolute Gasteiger partial charge is 0.303 e. The maximum Gasteiger partial charge on any atom is 0.303 e. The van der Waals surface area contributed by atoms with Gasteiger partial charge < -0.3 is 15.8 Å². The van der Waals surface area contributed by atoms with E-state index in [1.54, 1.807) is 67.5 Å². The standard InChI is InChI=1S/C21H18N6.C16H15N3O3S.C13H14N2O2.H3N/c1-13-12-23-14(2)16-7-5-15(24-20(13)16)6-8-19-25-21-17-4-3-10-22-18(17)9-11-27(21)26-19;1-10-8-12(9-11(2)15(10)23(20,21)22)19-7-5-14-13(16(19)17)4-3-6-18-14;1-8-7-14-9(2)11-5-3-10(15-13(8)11)4-6-12(16)17;/h3-5,7,9-12H,6,8H2,1-2H3;3-9,17H,1-2H3,(H,20,21,22);3,5,7H,4,6H2,1-2H3,(H,16,17);1H3. The predicted octanol–water partition coefficient (Wildman–Crippen LogP) is 8.42. The van der Waals surface area contributed by atoms with E-state index in [9.17, 15) is 17.8 Å². The van der Waals surface area contributed by atoms with Gasteiger partial charge in [-0.25, -0.2) is 9.50 Å². The van der Waals surface area contributed by atoms with Crippen molar-refractivity contribution in [1.82, 2.24) is 55.2 Å². The number of pyridine rings is 8. The second-order valence-corrected chi connectivity index (χ2v) is 17.6. The van der Waals surface area contributed by atoms with E-state index in [0.717, 1.165) is 96.4 Å². The monoisotopic (exact) mass is 930 g/mol. The summed E-state index contributed by atoms with van der Waals surface area (Å²) in [6.07, 6.45) is 12.9. The normalized spacial score (nSPS) is 11.3. The Hall–Kier alpha value is -7.93. The van der Waals surface area contributed by atoms with Crippen LogP contribution in [-0.2, 0) is 34.2 Å². The molecule has 0 saturated heterocycles. The van der Waals surface area contributed by atoms with Crippen molar-refractivity contribution in [2.45, 2.75) is 72.1 Å². The molecule has 0 amide bonds. The highest BCUT2D eigenvalue weighted by Crippen LogP contribution is 2.25. The molecule has 0 unspecified atom stereocenters. The minimum Gasteiger partial charge on any atom is -0.481 e. The van der Waals surface area contributed by atoms with Gasteiger partial charge in [-0.05, 0) is 143 Å². The van der Waals surface area contributed by atoms with Gasteiger partial charge >= 0.3 is 5.97 Å². The second-order valence-electron chi connectivity index (χ2n) is 16.2. The molecule has 0 bridgehead atoms. The van der Waals surface area contributed by atoms with Crippen molar-refractivity contribution in [3.63, 3.8) is 0 Å². The van der Waals surface area contributed by atoms with E-state index >= 15 is 0 Å². The zero-order valence-electron chi connectivity index (χ0n) is 38.4. The van der Waals surface area contributed by atoms with E-state index in [2.05, 4.69) is 42.2 Å². The summed E-state index contributed by atoms with van der Waals surface area (Å²) in [4.78, 5) is 41.8. The van der Waals surface area contributed by atoms with E-state index in [-0.39, 0.29) is 23.0 Å². The van der Waals surface area contributed by atoms with Crippen LogP contribution in [0.25, 0.3) is 54.9 Å². The topological polar surface area (TPSA) is 263 Å². The number of aromatic nitrogens is 10. The summed E-state index contributed by atoms with van der Waals surface area (Å²) in [7, 11) is -4.27. The second kappa shape index (κ2) is 19.9. The Morgan fingerprint density at radius 3 is 1.76 bits per heavy atom.